The summed E-state index contributed by atoms with van der Waals surface area (Å²) in [6.07, 6.45) is 6.55. The molecule has 0 bridgehead atoms. The molecule has 2 aliphatic rings. The summed E-state index contributed by atoms with van der Waals surface area (Å²) in [6, 6.07) is 48.6. The molecule has 1 aliphatic carbocycles. The molecule has 0 spiro atoms. The fourth-order valence-electron chi connectivity index (χ4n) is 6.84. The predicted octanol–water partition coefficient (Wildman–Crippen LogP) is 5.28. The lowest BCUT2D eigenvalue weighted by Gasteiger charge is -2.48. The molecule has 4 aromatic carbocycles. The summed E-state index contributed by atoms with van der Waals surface area (Å²) in [5.74, 6) is 0.259. The predicted molar refractivity (Wildman–Crippen MR) is 166 cm³/mol. The maximum Gasteiger partial charge on any atom is 0.183 e. The average molecular weight is 532 g/mol. The number of pyridine rings is 1. The van der Waals surface area contributed by atoms with E-state index in [1.807, 2.05) is 6.07 Å². The third-order valence-corrected chi connectivity index (χ3v) is 13.3. The summed E-state index contributed by atoms with van der Waals surface area (Å²) < 4.78 is 0. The fourth-order valence-corrected chi connectivity index (χ4v) is 12.0. The van der Waals surface area contributed by atoms with E-state index in [1.54, 1.807) is 6.07 Å². The summed E-state index contributed by atoms with van der Waals surface area (Å²) in [6.45, 7) is 0. The zero-order chi connectivity index (χ0) is 26.9. The number of hydrogen-bond donors (Lipinski definition) is 0. The van der Waals surface area contributed by atoms with Crippen LogP contribution < -0.4 is 25.6 Å². The SMILES string of the molecule is N#Cc1cccc(C2CC=CC(N3c4ccccc4[Si](c4ccccc4)(c4ccccc4)c4ccccc43)C2)n1. The number of aromatic nitrogens is 1. The number of allylic oxidation sites excluding steroid dienone is 1. The number of anilines is 2. The minimum absolute atomic E-state index is 0.173. The molecule has 2 atom stereocenters. The molecule has 7 rings (SSSR count). The Balaban J connectivity index is 1.44. The first-order chi connectivity index (χ1) is 19.8. The van der Waals surface area contributed by atoms with Crippen molar-refractivity contribution in [1.82, 2.24) is 4.98 Å². The van der Waals surface area contributed by atoms with Gasteiger partial charge in [0.25, 0.3) is 0 Å². The molecule has 3 nitrogen and oxygen atoms in total. The van der Waals surface area contributed by atoms with E-state index in [9.17, 15) is 5.26 Å². The van der Waals surface area contributed by atoms with Crippen LogP contribution in [0.4, 0.5) is 11.4 Å². The lowest BCUT2D eigenvalue weighted by molar-refractivity contribution is 0.544. The molecular weight excluding hydrogens is 503 g/mol. The van der Waals surface area contributed by atoms with Crippen molar-refractivity contribution in [3.8, 4) is 6.07 Å². The van der Waals surface area contributed by atoms with Gasteiger partial charge in [-0.05, 0) is 57.9 Å². The molecule has 40 heavy (non-hydrogen) atoms. The zero-order valence-corrected chi connectivity index (χ0v) is 23.2. The average Bonchev–Trinajstić information content (AvgIpc) is 3.04. The number of hydrogen-bond acceptors (Lipinski definition) is 3. The van der Waals surface area contributed by atoms with E-state index in [4.69, 9.17) is 0 Å². The minimum Gasteiger partial charge on any atom is -0.335 e. The lowest BCUT2D eigenvalue weighted by Crippen LogP contribution is -2.77. The van der Waals surface area contributed by atoms with Gasteiger partial charge in [0.15, 0.2) is 8.07 Å². The van der Waals surface area contributed by atoms with Crippen LogP contribution in [0.2, 0.25) is 0 Å². The third-order valence-electron chi connectivity index (χ3n) is 8.49. The summed E-state index contributed by atoms with van der Waals surface area (Å²) >= 11 is 0. The second kappa shape index (κ2) is 10.1. The summed E-state index contributed by atoms with van der Waals surface area (Å²) in [4.78, 5) is 7.25. The highest BCUT2D eigenvalue weighted by Crippen LogP contribution is 2.39. The molecule has 2 heterocycles. The maximum absolute atomic E-state index is 9.44. The van der Waals surface area contributed by atoms with Crippen LogP contribution in [0.25, 0.3) is 0 Å². The van der Waals surface area contributed by atoms with Gasteiger partial charge in [-0.2, -0.15) is 5.26 Å². The van der Waals surface area contributed by atoms with Gasteiger partial charge < -0.3 is 4.90 Å². The Hall–Kier alpha value is -4.72. The van der Waals surface area contributed by atoms with Gasteiger partial charge >= 0.3 is 0 Å². The van der Waals surface area contributed by atoms with Gasteiger partial charge in [-0.1, -0.05) is 115 Å². The molecule has 1 aromatic heterocycles. The molecule has 0 radical (unpaired) electrons. The van der Waals surface area contributed by atoms with Gasteiger partial charge in [-0.3, -0.25) is 0 Å². The smallest absolute Gasteiger partial charge is 0.183 e. The van der Waals surface area contributed by atoms with Crippen LogP contribution in [0.1, 0.15) is 30.1 Å². The van der Waals surface area contributed by atoms with Gasteiger partial charge in [-0.15, -0.1) is 0 Å². The topological polar surface area (TPSA) is 39.9 Å². The van der Waals surface area contributed by atoms with Crippen molar-refractivity contribution in [2.45, 2.75) is 24.8 Å². The van der Waals surface area contributed by atoms with Crippen LogP contribution in [0.15, 0.2) is 140 Å². The van der Waals surface area contributed by atoms with Gasteiger partial charge in [0.2, 0.25) is 0 Å². The maximum atomic E-state index is 9.44. The fraction of sp³-hybridized carbons (Fsp3) is 0.111. The van der Waals surface area contributed by atoms with Gasteiger partial charge in [0.05, 0.1) is 6.04 Å². The van der Waals surface area contributed by atoms with Gasteiger partial charge in [0, 0.05) is 23.0 Å². The van der Waals surface area contributed by atoms with Crippen LogP contribution in [-0.4, -0.2) is 19.1 Å². The molecule has 2 unspecified atom stereocenters. The van der Waals surface area contributed by atoms with E-state index < -0.39 is 8.07 Å². The molecule has 0 fully saturated rings. The molecule has 0 saturated carbocycles. The van der Waals surface area contributed by atoms with Gasteiger partial charge in [0.1, 0.15) is 11.8 Å². The van der Waals surface area contributed by atoms with Crippen molar-refractivity contribution in [3.63, 3.8) is 0 Å². The molecule has 0 saturated heterocycles. The molecule has 5 aromatic rings. The summed E-state index contributed by atoms with van der Waals surface area (Å²) in [5.41, 5.74) is 4.06. The van der Waals surface area contributed by atoms with E-state index in [0.29, 0.717) is 5.69 Å². The monoisotopic (exact) mass is 531 g/mol. The first kappa shape index (κ1) is 24.3. The summed E-state index contributed by atoms with van der Waals surface area (Å²) in [5, 5.41) is 15.1. The first-order valence-electron chi connectivity index (χ1n) is 13.9. The van der Waals surface area contributed by atoms with E-state index in [0.717, 1.165) is 18.5 Å². The Kier molecular flexibility index (Phi) is 6.15. The highest BCUT2D eigenvalue weighted by Gasteiger charge is 2.49. The van der Waals surface area contributed by atoms with E-state index in [-0.39, 0.29) is 12.0 Å². The van der Waals surface area contributed by atoms with Crippen LogP contribution in [0, 0.1) is 11.3 Å². The van der Waals surface area contributed by atoms with Crippen molar-refractivity contribution in [3.05, 3.63) is 151 Å². The van der Waals surface area contributed by atoms with Gasteiger partial charge in [-0.25, -0.2) is 4.98 Å². The van der Waals surface area contributed by atoms with E-state index >= 15 is 0 Å². The molecule has 192 valence electrons. The molecular formula is C36H29N3Si. The van der Waals surface area contributed by atoms with Crippen LogP contribution in [-0.2, 0) is 0 Å². The van der Waals surface area contributed by atoms with Crippen molar-refractivity contribution in [1.29, 1.82) is 5.26 Å². The molecule has 0 N–H and O–H groups in total. The molecule has 4 heteroatoms. The Morgan fingerprint density at radius 1 is 0.675 bits per heavy atom. The number of fused-ring (bicyclic) bond motifs is 2. The number of rotatable bonds is 4. The number of nitrogens with zero attached hydrogens (tertiary/aromatic N) is 3. The largest absolute Gasteiger partial charge is 0.335 e. The number of para-hydroxylation sites is 2. The molecule has 1 aliphatic heterocycles. The van der Waals surface area contributed by atoms with Crippen LogP contribution in [0.5, 0.6) is 0 Å². The summed E-state index contributed by atoms with van der Waals surface area (Å²) in [7, 11) is -2.59. The lowest BCUT2D eigenvalue weighted by atomic mass is 9.87. The van der Waals surface area contributed by atoms with Crippen molar-refractivity contribution < 1.29 is 0 Å². The van der Waals surface area contributed by atoms with E-state index in [2.05, 4.69) is 143 Å². The normalized spacial score (nSPS) is 18.8. The highest BCUT2D eigenvalue weighted by atomic mass is 28.3. The second-order valence-corrected chi connectivity index (χ2v) is 14.3. The van der Waals surface area contributed by atoms with Crippen molar-refractivity contribution >= 4 is 40.2 Å². The third kappa shape index (κ3) is 3.82. The standard InChI is InChI=1S/C36H29N3Si/c37-26-28-14-12-20-32(38-28)27-13-11-15-29(25-27)39-33-21-7-9-23-35(33)40(30-16-3-1-4-17-30,31-18-5-2-6-19-31)36-24-10-8-22-34(36)39/h1-12,14-24,27,29H,13,25H2. The Morgan fingerprint density at radius 3 is 1.85 bits per heavy atom. The van der Waals surface area contributed by atoms with Crippen molar-refractivity contribution in [2.24, 2.45) is 0 Å². The van der Waals surface area contributed by atoms with Crippen LogP contribution >= 0.6 is 0 Å². The van der Waals surface area contributed by atoms with Crippen molar-refractivity contribution in [2.75, 3.05) is 4.90 Å². The second-order valence-electron chi connectivity index (χ2n) is 10.6. The number of benzene rings is 4. The van der Waals surface area contributed by atoms with Crippen LogP contribution in [0.3, 0.4) is 0 Å². The first-order valence-corrected chi connectivity index (χ1v) is 15.9. The highest BCUT2D eigenvalue weighted by molar-refractivity contribution is 7.21. The molecule has 0 amide bonds. The number of nitriles is 1. The Morgan fingerprint density at radius 2 is 1.25 bits per heavy atom. The quantitative estimate of drug-likeness (QED) is 0.234. The minimum atomic E-state index is -2.59. The zero-order valence-electron chi connectivity index (χ0n) is 22.2. The Labute approximate surface area is 236 Å². The van der Waals surface area contributed by atoms with E-state index in [1.165, 1.54) is 32.1 Å². The Bertz CT molecular complexity index is 1650.